The van der Waals surface area contributed by atoms with Crippen LogP contribution in [0.15, 0.2) is 35.7 Å². The van der Waals surface area contributed by atoms with E-state index in [1.54, 1.807) is 0 Å². The first-order chi connectivity index (χ1) is 13.4. The van der Waals surface area contributed by atoms with E-state index < -0.39 is 0 Å². The first-order valence-electron chi connectivity index (χ1n) is 9.81. The number of nitriles is 1. The molecule has 0 bridgehead atoms. The van der Waals surface area contributed by atoms with Gasteiger partial charge in [0.25, 0.3) is 0 Å². The lowest BCUT2D eigenvalue weighted by atomic mass is 9.79. The highest BCUT2D eigenvalue weighted by molar-refractivity contribution is 5.56. The molecule has 1 fully saturated rings. The number of fused-ring (bicyclic) bond motifs is 1. The molecule has 2 heterocycles. The van der Waals surface area contributed by atoms with E-state index >= 15 is 0 Å². The van der Waals surface area contributed by atoms with E-state index in [9.17, 15) is 5.26 Å². The van der Waals surface area contributed by atoms with Crippen molar-refractivity contribution in [2.75, 3.05) is 0 Å². The van der Waals surface area contributed by atoms with Gasteiger partial charge in [-0.15, -0.1) is 5.10 Å². The summed E-state index contributed by atoms with van der Waals surface area (Å²) in [7, 11) is 0. The zero-order chi connectivity index (χ0) is 19.9. The second kappa shape index (κ2) is 6.90. The van der Waals surface area contributed by atoms with Gasteiger partial charge in [-0.25, -0.2) is 0 Å². The number of rotatable bonds is 3. The molecule has 1 atom stereocenters. The van der Waals surface area contributed by atoms with E-state index in [0.717, 1.165) is 35.4 Å². The predicted octanol–water partition coefficient (Wildman–Crippen LogP) is 4.25. The molecule has 146 valence electrons. The van der Waals surface area contributed by atoms with Crippen molar-refractivity contribution in [3.63, 3.8) is 0 Å². The van der Waals surface area contributed by atoms with Gasteiger partial charge in [0.2, 0.25) is 11.8 Å². The maximum atomic E-state index is 9.82. The van der Waals surface area contributed by atoms with Crippen LogP contribution in [0.4, 0.5) is 0 Å². The minimum absolute atomic E-state index is 0.106. The minimum atomic E-state index is -0.339. The second-order valence-corrected chi connectivity index (χ2v) is 8.59. The maximum absolute atomic E-state index is 9.82. The number of nitrogens with zero attached hydrogens (tertiary/aromatic N) is 2. The normalized spacial score (nSPS) is 19.9. The van der Waals surface area contributed by atoms with Crippen molar-refractivity contribution in [2.24, 2.45) is 5.73 Å². The summed E-state index contributed by atoms with van der Waals surface area (Å²) in [6.07, 6.45) is 4.90. The number of benzene rings is 1. The molecule has 1 aliphatic heterocycles. The lowest BCUT2D eigenvalue weighted by molar-refractivity contribution is 0.210. The number of nitrogens with two attached hydrogens (primary N) is 1. The number of ether oxygens (including phenoxy) is 2. The fraction of sp³-hybridized carbons (Fsp3) is 0.455. The van der Waals surface area contributed by atoms with Crippen LogP contribution in [0.5, 0.6) is 11.6 Å². The lowest BCUT2D eigenvalue weighted by Crippen LogP contribution is -2.24. The fourth-order valence-electron chi connectivity index (χ4n) is 4.12. The molecular formula is C22H26N4O2. The summed E-state index contributed by atoms with van der Waals surface area (Å²) >= 11 is 0. The third-order valence-corrected chi connectivity index (χ3v) is 5.49. The molecule has 0 saturated heterocycles. The van der Waals surface area contributed by atoms with Gasteiger partial charge < -0.3 is 15.2 Å². The zero-order valence-electron chi connectivity index (χ0n) is 16.6. The Morgan fingerprint density at radius 3 is 2.71 bits per heavy atom. The number of aromatic nitrogens is 2. The van der Waals surface area contributed by atoms with Crippen molar-refractivity contribution in [1.82, 2.24) is 10.2 Å². The van der Waals surface area contributed by atoms with Gasteiger partial charge in [-0.2, -0.15) is 5.26 Å². The molecule has 6 heteroatoms. The maximum Gasteiger partial charge on any atom is 0.244 e. The van der Waals surface area contributed by atoms with Crippen LogP contribution < -0.4 is 15.2 Å². The number of hydrogen-bond acceptors (Lipinski definition) is 5. The van der Waals surface area contributed by atoms with Crippen LogP contribution in [0.25, 0.3) is 0 Å². The molecule has 0 radical (unpaired) electrons. The first-order valence-corrected chi connectivity index (χ1v) is 9.81. The fourth-order valence-corrected chi connectivity index (χ4v) is 4.12. The van der Waals surface area contributed by atoms with Gasteiger partial charge in [-0.05, 0) is 43.4 Å². The molecular weight excluding hydrogens is 352 g/mol. The third kappa shape index (κ3) is 3.22. The average molecular weight is 378 g/mol. The van der Waals surface area contributed by atoms with Gasteiger partial charge in [0.05, 0.1) is 17.6 Å². The Hall–Kier alpha value is -2.94. The zero-order valence-corrected chi connectivity index (χ0v) is 16.6. The highest BCUT2D eigenvalue weighted by atomic mass is 16.5. The highest BCUT2D eigenvalue weighted by Gasteiger charge is 2.38. The van der Waals surface area contributed by atoms with Gasteiger partial charge in [-0.1, -0.05) is 32.9 Å². The summed E-state index contributed by atoms with van der Waals surface area (Å²) in [5, 5.41) is 17.2. The summed E-state index contributed by atoms with van der Waals surface area (Å²) in [5.74, 6) is 1.03. The molecule has 1 saturated carbocycles. The number of allylic oxidation sites excluding steroid dienone is 1. The van der Waals surface area contributed by atoms with Crippen molar-refractivity contribution in [3.8, 4) is 17.7 Å². The van der Waals surface area contributed by atoms with Crippen molar-refractivity contribution in [1.29, 1.82) is 5.26 Å². The molecule has 2 aliphatic rings. The van der Waals surface area contributed by atoms with Gasteiger partial charge >= 0.3 is 0 Å². The number of aromatic amines is 1. The standard InChI is InChI=1S/C22H26N4O2/c1-22(2,3)19-18-17(16(12-23)20(24)28-21(18)26-25-19)13-7-6-10-15(11-13)27-14-8-4-5-9-14/h6-7,10-11,14,17H,4-5,8-9,24H2,1-3H3,(H,25,26)/t17-/m1/s1. The molecule has 1 aromatic carbocycles. The minimum Gasteiger partial charge on any atom is -0.490 e. The topological polar surface area (TPSA) is 97.0 Å². The predicted molar refractivity (Wildman–Crippen MR) is 106 cm³/mol. The van der Waals surface area contributed by atoms with E-state index in [2.05, 4.69) is 37.0 Å². The lowest BCUT2D eigenvalue weighted by Gasteiger charge is -2.27. The monoisotopic (exact) mass is 378 g/mol. The average Bonchev–Trinajstić information content (AvgIpc) is 3.29. The van der Waals surface area contributed by atoms with Crippen molar-refractivity contribution >= 4 is 0 Å². The van der Waals surface area contributed by atoms with Crippen LogP contribution >= 0.6 is 0 Å². The summed E-state index contributed by atoms with van der Waals surface area (Å²) in [6.45, 7) is 6.31. The number of H-pyrrole nitrogens is 1. The van der Waals surface area contributed by atoms with Crippen molar-refractivity contribution in [2.45, 2.75) is 63.9 Å². The Morgan fingerprint density at radius 2 is 2.04 bits per heavy atom. The highest BCUT2D eigenvalue weighted by Crippen LogP contribution is 2.46. The molecule has 6 nitrogen and oxygen atoms in total. The van der Waals surface area contributed by atoms with Crippen LogP contribution in [-0.2, 0) is 5.41 Å². The van der Waals surface area contributed by atoms with Crippen LogP contribution in [0.2, 0.25) is 0 Å². The van der Waals surface area contributed by atoms with Crippen molar-refractivity contribution in [3.05, 3.63) is 52.5 Å². The molecule has 0 amide bonds. The Labute approximate surface area is 165 Å². The van der Waals surface area contributed by atoms with Crippen LogP contribution in [0, 0.1) is 11.3 Å². The SMILES string of the molecule is CC(C)(C)c1[nH]nc2c1[C@H](c1cccc(OC3CCCC3)c1)C(C#N)=C(N)O2. The Kier molecular flexibility index (Phi) is 4.54. The smallest absolute Gasteiger partial charge is 0.244 e. The molecule has 4 rings (SSSR count). The van der Waals surface area contributed by atoms with E-state index in [1.807, 2.05) is 24.3 Å². The quantitative estimate of drug-likeness (QED) is 0.832. The molecule has 2 aromatic rings. The van der Waals surface area contributed by atoms with Gasteiger partial charge in [0.15, 0.2) is 0 Å². The molecule has 0 spiro atoms. The summed E-state index contributed by atoms with van der Waals surface area (Å²) in [6, 6.07) is 10.2. The van der Waals surface area contributed by atoms with Gasteiger partial charge in [-0.3, -0.25) is 5.10 Å². The van der Waals surface area contributed by atoms with Crippen LogP contribution in [0.1, 0.15) is 69.2 Å². The largest absolute Gasteiger partial charge is 0.490 e. The molecule has 1 aromatic heterocycles. The summed E-state index contributed by atoms with van der Waals surface area (Å²) in [4.78, 5) is 0. The molecule has 28 heavy (non-hydrogen) atoms. The van der Waals surface area contributed by atoms with E-state index in [0.29, 0.717) is 11.5 Å². The van der Waals surface area contributed by atoms with Crippen LogP contribution in [0.3, 0.4) is 0 Å². The van der Waals surface area contributed by atoms with E-state index in [4.69, 9.17) is 15.2 Å². The Morgan fingerprint density at radius 1 is 1.29 bits per heavy atom. The van der Waals surface area contributed by atoms with Gasteiger partial charge in [0.1, 0.15) is 17.4 Å². The molecule has 1 aliphatic carbocycles. The Bertz CT molecular complexity index is 956. The number of nitrogens with one attached hydrogen (secondary N) is 1. The molecule has 3 N–H and O–H groups in total. The summed E-state index contributed by atoms with van der Waals surface area (Å²) < 4.78 is 11.8. The second-order valence-electron chi connectivity index (χ2n) is 8.59. The molecule has 0 unspecified atom stereocenters. The first kappa shape index (κ1) is 18.4. The number of hydrogen-bond donors (Lipinski definition) is 2. The Balaban J connectivity index is 1.80. The van der Waals surface area contributed by atoms with E-state index in [1.165, 1.54) is 12.8 Å². The van der Waals surface area contributed by atoms with E-state index in [-0.39, 0.29) is 23.3 Å². The van der Waals surface area contributed by atoms with Crippen molar-refractivity contribution < 1.29 is 9.47 Å². The van der Waals surface area contributed by atoms with Crippen LogP contribution in [-0.4, -0.2) is 16.3 Å². The summed E-state index contributed by atoms with van der Waals surface area (Å²) in [5.41, 5.74) is 9.04. The third-order valence-electron chi connectivity index (χ3n) is 5.49. The van der Waals surface area contributed by atoms with Gasteiger partial charge in [0, 0.05) is 11.1 Å².